The fourth-order valence-corrected chi connectivity index (χ4v) is 1.80. The van der Waals surface area contributed by atoms with Crippen molar-refractivity contribution in [1.29, 1.82) is 0 Å². The first-order chi connectivity index (χ1) is 9.76. The SMILES string of the molecule is Cc1ccc(OCC(C)NC(=O)CCNC(C)(C)C)cc1. The molecular formula is C17H28N2O2. The molecule has 1 unspecified atom stereocenters. The molecule has 1 amide bonds. The van der Waals surface area contributed by atoms with Crippen molar-refractivity contribution in [3.63, 3.8) is 0 Å². The molecule has 21 heavy (non-hydrogen) atoms. The lowest BCUT2D eigenvalue weighted by atomic mass is 10.1. The Balaban J connectivity index is 2.22. The maximum absolute atomic E-state index is 11.8. The molecule has 0 aliphatic rings. The molecule has 0 bridgehead atoms. The highest BCUT2D eigenvalue weighted by Gasteiger charge is 2.11. The number of hydrogen-bond acceptors (Lipinski definition) is 3. The van der Waals surface area contributed by atoms with Crippen molar-refractivity contribution in [2.45, 2.75) is 52.6 Å². The first-order valence-corrected chi connectivity index (χ1v) is 7.50. The third-order valence-electron chi connectivity index (χ3n) is 2.94. The maximum Gasteiger partial charge on any atom is 0.221 e. The van der Waals surface area contributed by atoms with Gasteiger partial charge in [-0.05, 0) is 46.8 Å². The van der Waals surface area contributed by atoms with E-state index in [2.05, 4.69) is 31.4 Å². The lowest BCUT2D eigenvalue weighted by Gasteiger charge is -2.21. The molecule has 1 rings (SSSR count). The molecular weight excluding hydrogens is 264 g/mol. The number of ether oxygens (including phenoxy) is 1. The van der Waals surface area contributed by atoms with Crippen LogP contribution < -0.4 is 15.4 Å². The Morgan fingerprint density at radius 1 is 1.24 bits per heavy atom. The monoisotopic (exact) mass is 292 g/mol. The van der Waals surface area contributed by atoms with Gasteiger partial charge < -0.3 is 15.4 Å². The van der Waals surface area contributed by atoms with Gasteiger partial charge in [0.25, 0.3) is 0 Å². The van der Waals surface area contributed by atoms with Gasteiger partial charge in [0, 0.05) is 18.5 Å². The van der Waals surface area contributed by atoms with E-state index in [1.54, 1.807) is 0 Å². The van der Waals surface area contributed by atoms with Gasteiger partial charge in [0.15, 0.2) is 0 Å². The molecule has 0 radical (unpaired) electrons. The first kappa shape index (κ1) is 17.5. The average Bonchev–Trinajstić information content (AvgIpc) is 2.36. The summed E-state index contributed by atoms with van der Waals surface area (Å²) in [5.41, 5.74) is 1.25. The van der Waals surface area contributed by atoms with E-state index in [0.29, 0.717) is 19.6 Å². The molecule has 118 valence electrons. The fraction of sp³-hybridized carbons (Fsp3) is 0.588. The Hall–Kier alpha value is -1.55. The zero-order chi connectivity index (χ0) is 15.9. The van der Waals surface area contributed by atoms with Gasteiger partial charge in [0.05, 0.1) is 6.04 Å². The molecule has 0 fully saturated rings. The lowest BCUT2D eigenvalue weighted by molar-refractivity contribution is -0.121. The molecule has 0 heterocycles. The Morgan fingerprint density at radius 3 is 2.43 bits per heavy atom. The molecule has 0 saturated heterocycles. The topological polar surface area (TPSA) is 50.4 Å². The van der Waals surface area contributed by atoms with Crippen molar-refractivity contribution < 1.29 is 9.53 Å². The van der Waals surface area contributed by atoms with Gasteiger partial charge in [-0.2, -0.15) is 0 Å². The summed E-state index contributed by atoms with van der Waals surface area (Å²) in [5, 5.41) is 6.24. The van der Waals surface area contributed by atoms with Crippen LogP contribution in [0.25, 0.3) is 0 Å². The van der Waals surface area contributed by atoms with Gasteiger partial charge in [-0.25, -0.2) is 0 Å². The molecule has 1 atom stereocenters. The van der Waals surface area contributed by atoms with Gasteiger partial charge in [-0.3, -0.25) is 4.79 Å². The molecule has 4 nitrogen and oxygen atoms in total. The van der Waals surface area contributed by atoms with E-state index in [0.717, 1.165) is 5.75 Å². The summed E-state index contributed by atoms with van der Waals surface area (Å²) in [6.07, 6.45) is 0.478. The first-order valence-electron chi connectivity index (χ1n) is 7.50. The van der Waals surface area contributed by atoms with Crippen LogP contribution in [-0.4, -0.2) is 30.6 Å². The molecule has 0 spiro atoms. The van der Waals surface area contributed by atoms with Crippen LogP contribution in [-0.2, 0) is 4.79 Å². The normalized spacial score (nSPS) is 12.8. The average molecular weight is 292 g/mol. The van der Waals surface area contributed by atoms with Crippen LogP contribution in [0.1, 0.15) is 39.7 Å². The largest absolute Gasteiger partial charge is 0.491 e. The van der Waals surface area contributed by atoms with Gasteiger partial charge in [-0.15, -0.1) is 0 Å². The van der Waals surface area contributed by atoms with Gasteiger partial charge >= 0.3 is 0 Å². The van der Waals surface area contributed by atoms with Crippen molar-refractivity contribution in [2.75, 3.05) is 13.2 Å². The summed E-state index contributed by atoms with van der Waals surface area (Å²) in [4.78, 5) is 11.8. The Bertz CT molecular complexity index is 435. The number of carbonyl (C=O) groups is 1. The van der Waals surface area contributed by atoms with Crippen LogP contribution in [0.5, 0.6) is 5.75 Å². The van der Waals surface area contributed by atoms with E-state index in [-0.39, 0.29) is 17.5 Å². The number of hydrogen-bond donors (Lipinski definition) is 2. The van der Waals surface area contributed by atoms with Crippen LogP contribution in [0.2, 0.25) is 0 Å². The van der Waals surface area contributed by atoms with E-state index in [9.17, 15) is 4.79 Å². The Labute approximate surface area is 128 Å². The van der Waals surface area contributed by atoms with Crippen molar-refractivity contribution in [3.8, 4) is 5.75 Å². The molecule has 1 aromatic rings. The van der Waals surface area contributed by atoms with Crippen LogP contribution in [0, 0.1) is 6.92 Å². The minimum Gasteiger partial charge on any atom is -0.491 e. The third kappa shape index (κ3) is 8.35. The van der Waals surface area contributed by atoms with Crippen molar-refractivity contribution >= 4 is 5.91 Å². The lowest BCUT2D eigenvalue weighted by Crippen LogP contribution is -2.41. The Kier molecular flexibility index (Phi) is 6.69. The molecule has 0 aliphatic carbocycles. The molecule has 0 aliphatic heterocycles. The quantitative estimate of drug-likeness (QED) is 0.812. The number of amides is 1. The van der Waals surface area contributed by atoms with E-state index in [1.807, 2.05) is 38.1 Å². The number of aryl methyl sites for hydroxylation is 1. The highest BCUT2D eigenvalue weighted by Crippen LogP contribution is 2.11. The molecule has 4 heteroatoms. The second-order valence-electron chi connectivity index (χ2n) is 6.52. The van der Waals surface area contributed by atoms with E-state index in [4.69, 9.17) is 4.74 Å². The van der Waals surface area contributed by atoms with Gasteiger partial charge in [-0.1, -0.05) is 17.7 Å². The standard InChI is InChI=1S/C17H28N2O2/c1-13-6-8-15(9-7-13)21-12-14(2)19-16(20)10-11-18-17(3,4)5/h6-9,14,18H,10-12H2,1-5H3,(H,19,20). The minimum atomic E-state index is -0.00607. The zero-order valence-corrected chi connectivity index (χ0v) is 13.8. The predicted molar refractivity (Wildman–Crippen MR) is 86.7 cm³/mol. The zero-order valence-electron chi connectivity index (χ0n) is 13.8. The van der Waals surface area contributed by atoms with E-state index >= 15 is 0 Å². The summed E-state index contributed by atoms with van der Waals surface area (Å²) in [5.74, 6) is 0.878. The highest BCUT2D eigenvalue weighted by molar-refractivity contribution is 5.76. The summed E-state index contributed by atoms with van der Waals surface area (Å²) in [7, 11) is 0. The minimum absolute atomic E-state index is 0.00607. The fourth-order valence-electron chi connectivity index (χ4n) is 1.80. The summed E-state index contributed by atoms with van der Waals surface area (Å²) >= 11 is 0. The van der Waals surface area contributed by atoms with Crippen molar-refractivity contribution in [2.24, 2.45) is 0 Å². The van der Waals surface area contributed by atoms with E-state index < -0.39 is 0 Å². The predicted octanol–water partition coefficient (Wildman–Crippen LogP) is 2.66. The number of benzene rings is 1. The second kappa shape index (κ2) is 8.03. The second-order valence-corrected chi connectivity index (χ2v) is 6.52. The van der Waals surface area contributed by atoms with Crippen LogP contribution in [0.4, 0.5) is 0 Å². The Morgan fingerprint density at radius 2 is 1.86 bits per heavy atom. The molecule has 1 aromatic carbocycles. The van der Waals surface area contributed by atoms with Crippen LogP contribution in [0.3, 0.4) is 0 Å². The maximum atomic E-state index is 11.8. The smallest absolute Gasteiger partial charge is 0.221 e. The molecule has 2 N–H and O–H groups in total. The summed E-state index contributed by atoms with van der Waals surface area (Å²) in [6.45, 7) is 11.4. The number of rotatable bonds is 7. The molecule has 0 aromatic heterocycles. The van der Waals surface area contributed by atoms with Crippen LogP contribution >= 0.6 is 0 Å². The summed E-state index contributed by atoms with van der Waals surface area (Å²) < 4.78 is 5.65. The van der Waals surface area contributed by atoms with Crippen LogP contribution in [0.15, 0.2) is 24.3 Å². The summed E-state index contributed by atoms with van der Waals surface area (Å²) in [6, 6.07) is 7.90. The van der Waals surface area contributed by atoms with E-state index in [1.165, 1.54) is 5.56 Å². The highest BCUT2D eigenvalue weighted by atomic mass is 16.5. The van der Waals surface area contributed by atoms with Gasteiger partial charge in [0.1, 0.15) is 12.4 Å². The third-order valence-corrected chi connectivity index (χ3v) is 2.94. The number of carbonyl (C=O) groups excluding carboxylic acids is 1. The van der Waals surface area contributed by atoms with Gasteiger partial charge in [0.2, 0.25) is 5.91 Å². The molecule has 0 saturated carbocycles. The van der Waals surface area contributed by atoms with Crippen molar-refractivity contribution in [1.82, 2.24) is 10.6 Å². The van der Waals surface area contributed by atoms with Crippen molar-refractivity contribution in [3.05, 3.63) is 29.8 Å². The number of nitrogens with one attached hydrogen (secondary N) is 2.